The van der Waals surface area contributed by atoms with Crippen LogP contribution in [0.5, 0.6) is 5.75 Å². The van der Waals surface area contributed by atoms with E-state index in [-0.39, 0.29) is 11.8 Å². The van der Waals surface area contributed by atoms with Gasteiger partial charge in [-0.15, -0.1) is 0 Å². The van der Waals surface area contributed by atoms with Crippen LogP contribution in [0.1, 0.15) is 17.9 Å². The number of carbonyl (C=O) groups excluding carboxylic acids is 1. The number of nitrogens with zero attached hydrogens (tertiary/aromatic N) is 2. The van der Waals surface area contributed by atoms with Crippen LogP contribution >= 0.6 is 11.6 Å². The van der Waals surface area contributed by atoms with Gasteiger partial charge in [0.2, 0.25) is 5.91 Å². The van der Waals surface area contributed by atoms with Crippen LogP contribution in [0.15, 0.2) is 54.9 Å². The van der Waals surface area contributed by atoms with E-state index in [1.807, 2.05) is 53.6 Å². The van der Waals surface area contributed by atoms with E-state index in [1.165, 1.54) is 0 Å². The third-order valence-electron chi connectivity index (χ3n) is 4.76. The Morgan fingerprint density at radius 2 is 2.15 bits per heavy atom. The number of hydrogen-bond acceptors (Lipinski definition) is 3. The molecule has 4 rings (SSSR count). The number of methoxy groups -OCH3 is 1. The van der Waals surface area contributed by atoms with E-state index in [9.17, 15) is 4.79 Å². The van der Waals surface area contributed by atoms with Gasteiger partial charge in [0.1, 0.15) is 5.75 Å². The molecular weight excluding hydrogens is 350 g/mol. The molecule has 5 nitrogen and oxygen atoms in total. The Bertz CT molecular complexity index is 940. The second-order valence-electron chi connectivity index (χ2n) is 6.26. The lowest BCUT2D eigenvalue weighted by atomic mass is 9.98. The third-order valence-corrected chi connectivity index (χ3v) is 5.00. The zero-order chi connectivity index (χ0) is 18.1. The van der Waals surface area contributed by atoms with Crippen LogP contribution in [-0.2, 0) is 4.79 Å². The molecule has 1 fully saturated rings. The second kappa shape index (κ2) is 6.84. The summed E-state index contributed by atoms with van der Waals surface area (Å²) >= 11 is 6.08. The van der Waals surface area contributed by atoms with Gasteiger partial charge in [0.25, 0.3) is 0 Å². The van der Waals surface area contributed by atoms with Gasteiger partial charge in [-0.3, -0.25) is 9.89 Å². The molecule has 1 amide bonds. The molecule has 1 aromatic heterocycles. The van der Waals surface area contributed by atoms with Crippen molar-refractivity contribution in [3.8, 4) is 16.9 Å². The number of H-pyrrole nitrogens is 1. The number of nitrogens with one attached hydrogen (secondary N) is 1. The molecule has 1 aliphatic rings. The quantitative estimate of drug-likeness (QED) is 0.749. The fourth-order valence-electron chi connectivity index (χ4n) is 3.45. The van der Waals surface area contributed by atoms with Crippen LogP contribution in [0.3, 0.4) is 0 Å². The highest BCUT2D eigenvalue weighted by Gasteiger charge is 2.34. The number of anilines is 1. The summed E-state index contributed by atoms with van der Waals surface area (Å²) in [5, 5.41) is 7.44. The van der Waals surface area contributed by atoms with Gasteiger partial charge >= 0.3 is 0 Å². The predicted octanol–water partition coefficient (Wildman–Crippen LogP) is 4.26. The average molecular weight is 368 g/mol. The minimum absolute atomic E-state index is 0.0883. The van der Waals surface area contributed by atoms with Gasteiger partial charge in [-0.25, -0.2) is 0 Å². The van der Waals surface area contributed by atoms with Crippen LogP contribution in [-0.4, -0.2) is 29.8 Å². The van der Waals surface area contributed by atoms with Crippen molar-refractivity contribution in [1.82, 2.24) is 10.2 Å². The molecule has 1 atom stereocenters. The maximum atomic E-state index is 13.0. The van der Waals surface area contributed by atoms with E-state index < -0.39 is 0 Å². The molecule has 0 spiro atoms. The van der Waals surface area contributed by atoms with E-state index >= 15 is 0 Å². The van der Waals surface area contributed by atoms with Crippen molar-refractivity contribution >= 4 is 23.2 Å². The molecule has 0 radical (unpaired) electrons. The van der Waals surface area contributed by atoms with Crippen LogP contribution in [0, 0.1) is 0 Å². The molecule has 0 saturated carbocycles. The van der Waals surface area contributed by atoms with Crippen LogP contribution in [0.4, 0.5) is 5.69 Å². The summed E-state index contributed by atoms with van der Waals surface area (Å²) in [6.07, 6.45) is 4.33. The van der Waals surface area contributed by atoms with Crippen molar-refractivity contribution < 1.29 is 9.53 Å². The van der Waals surface area contributed by atoms with Crippen molar-refractivity contribution in [3.63, 3.8) is 0 Å². The number of rotatable bonds is 4. The normalized spacial score (nSPS) is 16.9. The lowest BCUT2D eigenvalue weighted by Gasteiger charge is -2.19. The Labute approximate surface area is 156 Å². The maximum Gasteiger partial charge on any atom is 0.234 e. The zero-order valence-electron chi connectivity index (χ0n) is 14.3. The fraction of sp³-hybridized carbons (Fsp3) is 0.200. The molecule has 2 heterocycles. The molecule has 132 valence electrons. The highest BCUT2D eigenvalue weighted by atomic mass is 35.5. The Morgan fingerprint density at radius 1 is 1.27 bits per heavy atom. The topological polar surface area (TPSA) is 58.2 Å². The van der Waals surface area contributed by atoms with Crippen molar-refractivity contribution in [2.75, 3.05) is 18.6 Å². The molecule has 0 aliphatic carbocycles. The van der Waals surface area contributed by atoms with Crippen LogP contribution < -0.4 is 9.64 Å². The molecule has 26 heavy (non-hydrogen) atoms. The standard InChI is InChI=1S/C20H18ClN3O2/c1-26-19-10-16(5-6-17(19)14-11-22-23-12-14)24-8-7-18(20(24)25)13-3-2-4-15(21)9-13/h2-6,9-12,18H,7-8H2,1H3,(H,22,23)/t18-/m0/s1. The SMILES string of the molecule is COc1cc(N2CC[C@@H](c3cccc(Cl)c3)C2=O)ccc1-c1cn[nH]c1. The number of carbonyl (C=O) groups is 1. The van der Waals surface area contributed by atoms with Gasteiger partial charge in [0.15, 0.2) is 0 Å². The van der Waals surface area contributed by atoms with E-state index in [0.717, 1.165) is 28.8 Å². The molecule has 2 aromatic carbocycles. The average Bonchev–Trinajstić information content (AvgIpc) is 3.31. The number of hydrogen-bond donors (Lipinski definition) is 1. The molecule has 1 aliphatic heterocycles. The third kappa shape index (κ3) is 2.95. The zero-order valence-corrected chi connectivity index (χ0v) is 15.0. The molecule has 0 bridgehead atoms. The van der Waals surface area contributed by atoms with Crippen LogP contribution in [0.25, 0.3) is 11.1 Å². The van der Waals surface area contributed by atoms with Crippen molar-refractivity contribution in [2.45, 2.75) is 12.3 Å². The van der Waals surface area contributed by atoms with E-state index in [1.54, 1.807) is 13.3 Å². The first kappa shape index (κ1) is 16.7. The van der Waals surface area contributed by atoms with Gasteiger partial charge in [-0.2, -0.15) is 5.10 Å². The highest BCUT2D eigenvalue weighted by molar-refractivity contribution is 6.30. The first-order valence-electron chi connectivity index (χ1n) is 8.41. The number of amides is 1. The van der Waals surface area contributed by atoms with Gasteiger partial charge in [0, 0.05) is 40.6 Å². The largest absolute Gasteiger partial charge is 0.496 e. The first-order chi connectivity index (χ1) is 12.7. The maximum absolute atomic E-state index is 13.0. The smallest absolute Gasteiger partial charge is 0.234 e. The number of ether oxygens (including phenoxy) is 1. The van der Waals surface area contributed by atoms with Crippen LogP contribution in [0.2, 0.25) is 5.02 Å². The molecule has 1 saturated heterocycles. The Morgan fingerprint density at radius 3 is 2.88 bits per heavy atom. The minimum atomic E-state index is -0.159. The van der Waals surface area contributed by atoms with E-state index in [0.29, 0.717) is 17.3 Å². The summed E-state index contributed by atoms with van der Waals surface area (Å²) in [6.45, 7) is 0.671. The summed E-state index contributed by atoms with van der Waals surface area (Å²) in [4.78, 5) is 14.8. The van der Waals surface area contributed by atoms with Gasteiger partial charge < -0.3 is 9.64 Å². The number of benzene rings is 2. The number of aromatic nitrogens is 2. The Hall–Kier alpha value is -2.79. The van der Waals surface area contributed by atoms with E-state index in [2.05, 4.69) is 10.2 Å². The molecule has 0 unspecified atom stereocenters. The lowest BCUT2D eigenvalue weighted by molar-refractivity contribution is -0.118. The molecule has 1 N–H and O–H groups in total. The summed E-state index contributed by atoms with van der Waals surface area (Å²) in [5.74, 6) is 0.640. The highest BCUT2D eigenvalue weighted by Crippen LogP contribution is 2.37. The van der Waals surface area contributed by atoms with Gasteiger partial charge in [-0.1, -0.05) is 23.7 Å². The second-order valence-corrected chi connectivity index (χ2v) is 6.69. The van der Waals surface area contributed by atoms with E-state index in [4.69, 9.17) is 16.3 Å². The Balaban J connectivity index is 1.63. The lowest BCUT2D eigenvalue weighted by Crippen LogP contribution is -2.26. The Kier molecular flexibility index (Phi) is 4.39. The summed E-state index contributed by atoms with van der Waals surface area (Å²) in [5.41, 5.74) is 3.68. The summed E-state index contributed by atoms with van der Waals surface area (Å²) in [6, 6.07) is 13.3. The van der Waals surface area contributed by atoms with Crippen molar-refractivity contribution in [3.05, 3.63) is 65.4 Å². The molecular formula is C20H18ClN3O2. The van der Waals surface area contributed by atoms with Gasteiger partial charge in [0.05, 0.1) is 19.2 Å². The van der Waals surface area contributed by atoms with Crippen molar-refractivity contribution in [1.29, 1.82) is 0 Å². The first-order valence-corrected chi connectivity index (χ1v) is 8.79. The minimum Gasteiger partial charge on any atom is -0.496 e. The fourth-order valence-corrected chi connectivity index (χ4v) is 3.65. The predicted molar refractivity (Wildman–Crippen MR) is 102 cm³/mol. The molecule has 6 heteroatoms. The van der Waals surface area contributed by atoms with Crippen molar-refractivity contribution in [2.24, 2.45) is 0 Å². The number of aromatic amines is 1. The summed E-state index contributed by atoms with van der Waals surface area (Å²) in [7, 11) is 1.63. The monoisotopic (exact) mass is 367 g/mol. The summed E-state index contributed by atoms with van der Waals surface area (Å²) < 4.78 is 5.53. The number of halogens is 1. The molecule has 3 aromatic rings. The van der Waals surface area contributed by atoms with Gasteiger partial charge in [-0.05, 0) is 36.2 Å².